The van der Waals surface area contributed by atoms with E-state index in [9.17, 15) is 14.7 Å². The molecule has 150 valence electrons. The molecule has 0 spiro atoms. The lowest BCUT2D eigenvalue weighted by molar-refractivity contribution is -0.140. The molecule has 0 amide bonds. The molecule has 2 aromatic rings. The minimum Gasteiger partial charge on any atom is -0.502 e. The van der Waals surface area contributed by atoms with Gasteiger partial charge in [0.05, 0.1) is 26.6 Å². The molecule has 28 heavy (non-hydrogen) atoms. The van der Waals surface area contributed by atoms with Gasteiger partial charge in [0.25, 0.3) is 0 Å². The lowest BCUT2D eigenvalue weighted by Crippen LogP contribution is -2.14. The number of fused-ring (bicyclic) bond motifs is 1. The van der Waals surface area contributed by atoms with E-state index in [4.69, 9.17) is 28.1 Å². The zero-order chi connectivity index (χ0) is 20.3. The largest absolute Gasteiger partial charge is 0.502 e. The maximum absolute atomic E-state index is 12.2. The van der Waals surface area contributed by atoms with Gasteiger partial charge in [-0.1, -0.05) is 0 Å². The first kappa shape index (κ1) is 19.6. The van der Waals surface area contributed by atoms with Crippen molar-refractivity contribution in [2.24, 2.45) is 0 Å². The van der Waals surface area contributed by atoms with Gasteiger partial charge < -0.3 is 33.2 Å². The predicted octanol–water partition coefficient (Wildman–Crippen LogP) is 1.92. The Morgan fingerprint density at radius 1 is 1.21 bits per heavy atom. The maximum atomic E-state index is 12.2. The minimum absolute atomic E-state index is 0.0257. The number of carbonyl (C=O) groups excluding carboxylic acids is 1. The van der Waals surface area contributed by atoms with Crippen molar-refractivity contribution in [3.05, 3.63) is 45.5 Å². The second-order valence-electron chi connectivity index (χ2n) is 6.01. The van der Waals surface area contributed by atoms with E-state index < -0.39 is 23.1 Å². The highest BCUT2D eigenvalue weighted by Gasteiger charge is 2.30. The molecule has 2 heterocycles. The molecule has 3 rings (SSSR count). The first-order chi connectivity index (χ1) is 13.5. The summed E-state index contributed by atoms with van der Waals surface area (Å²) < 4.78 is 31.6. The average Bonchev–Trinajstić information content (AvgIpc) is 3.16. The van der Waals surface area contributed by atoms with Gasteiger partial charge in [0.1, 0.15) is 12.4 Å². The fourth-order valence-corrected chi connectivity index (χ4v) is 2.97. The highest BCUT2D eigenvalue weighted by molar-refractivity contribution is 5.71. The molecule has 9 nitrogen and oxygen atoms in total. The van der Waals surface area contributed by atoms with Crippen LogP contribution in [0.1, 0.15) is 29.4 Å². The Morgan fingerprint density at radius 3 is 2.68 bits per heavy atom. The quantitative estimate of drug-likeness (QED) is 0.706. The Hall–Kier alpha value is -3.20. The van der Waals surface area contributed by atoms with Crippen LogP contribution >= 0.6 is 0 Å². The van der Waals surface area contributed by atoms with E-state index in [2.05, 4.69) is 0 Å². The Labute approximate surface area is 160 Å². The fourth-order valence-electron chi connectivity index (χ4n) is 2.97. The summed E-state index contributed by atoms with van der Waals surface area (Å²) in [5.41, 5.74) is -0.129. The summed E-state index contributed by atoms with van der Waals surface area (Å²) in [6, 6.07) is 4.40. The molecule has 0 unspecified atom stereocenters. The van der Waals surface area contributed by atoms with Crippen LogP contribution in [0.5, 0.6) is 23.0 Å². The van der Waals surface area contributed by atoms with Crippen LogP contribution in [-0.2, 0) is 20.9 Å². The topological polar surface area (TPSA) is 114 Å². The van der Waals surface area contributed by atoms with Crippen LogP contribution in [0.2, 0.25) is 0 Å². The Bertz CT molecular complexity index is 932. The van der Waals surface area contributed by atoms with Crippen LogP contribution in [0, 0.1) is 0 Å². The van der Waals surface area contributed by atoms with Crippen molar-refractivity contribution in [2.75, 3.05) is 28.1 Å². The van der Waals surface area contributed by atoms with Gasteiger partial charge >= 0.3 is 5.97 Å². The van der Waals surface area contributed by atoms with Crippen LogP contribution in [0.25, 0.3) is 0 Å². The number of benzene rings is 1. The van der Waals surface area contributed by atoms with Gasteiger partial charge in [-0.15, -0.1) is 0 Å². The van der Waals surface area contributed by atoms with Crippen LogP contribution in [0.4, 0.5) is 0 Å². The number of ether oxygens (including phenoxy) is 5. The summed E-state index contributed by atoms with van der Waals surface area (Å²) in [7, 11) is 4.16. The van der Waals surface area contributed by atoms with Gasteiger partial charge in [0.2, 0.25) is 23.7 Å². The number of rotatable bonds is 7. The summed E-state index contributed by atoms with van der Waals surface area (Å²) in [6.45, 7) is 0.0540. The van der Waals surface area contributed by atoms with Crippen LogP contribution in [-0.4, -0.2) is 39.2 Å². The molecule has 1 aromatic heterocycles. The van der Waals surface area contributed by atoms with Gasteiger partial charge in [-0.25, -0.2) is 0 Å². The average molecular weight is 392 g/mol. The molecule has 1 atom stereocenters. The molecule has 0 aliphatic carbocycles. The van der Waals surface area contributed by atoms with Crippen molar-refractivity contribution in [2.45, 2.75) is 18.9 Å². The number of esters is 1. The summed E-state index contributed by atoms with van der Waals surface area (Å²) in [6.07, 6.45) is -0.188. The molecule has 0 fully saturated rings. The Morgan fingerprint density at radius 2 is 2.00 bits per heavy atom. The maximum Gasteiger partial charge on any atom is 0.306 e. The second kappa shape index (κ2) is 8.22. The van der Waals surface area contributed by atoms with Gasteiger partial charge in [-0.3, -0.25) is 9.59 Å². The van der Waals surface area contributed by atoms with Crippen molar-refractivity contribution >= 4 is 5.97 Å². The SMILES string of the molecule is COCc1cc(=O)c(O)c([C@@H](CC(=O)OC)c2cc(OC)c3c(c2)OCO3)o1. The molecular formula is C19H20O9. The number of hydrogen-bond acceptors (Lipinski definition) is 9. The highest BCUT2D eigenvalue weighted by atomic mass is 16.7. The second-order valence-corrected chi connectivity index (χ2v) is 6.01. The number of carbonyl (C=O) groups is 1. The summed E-state index contributed by atoms with van der Waals surface area (Å²) in [5.74, 6) is -0.615. The molecule has 1 aromatic carbocycles. The first-order valence-corrected chi connectivity index (χ1v) is 8.37. The Kier molecular flexibility index (Phi) is 5.74. The predicted molar refractivity (Wildman–Crippen MR) is 94.9 cm³/mol. The third-order valence-electron chi connectivity index (χ3n) is 4.28. The van der Waals surface area contributed by atoms with Crippen molar-refractivity contribution in [3.63, 3.8) is 0 Å². The molecule has 1 N–H and O–H groups in total. The Balaban J connectivity index is 2.16. The fraction of sp³-hybridized carbons (Fsp3) is 0.368. The van der Waals surface area contributed by atoms with Crippen LogP contribution < -0.4 is 19.6 Å². The van der Waals surface area contributed by atoms with Crippen molar-refractivity contribution in [1.29, 1.82) is 0 Å². The summed E-state index contributed by atoms with van der Waals surface area (Å²) in [4.78, 5) is 24.2. The van der Waals surface area contributed by atoms with Crippen LogP contribution in [0.15, 0.2) is 27.4 Å². The lowest BCUT2D eigenvalue weighted by atomic mass is 9.91. The van der Waals surface area contributed by atoms with Crippen molar-refractivity contribution < 1.29 is 38.0 Å². The van der Waals surface area contributed by atoms with Crippen molar-refractivity contribution in [1.82, 2.24) is 0 Å². The van der Waals surface area contributed by atoms with E-state index in [0.29, 0.717) is 22.8 Å². The minimum atomic E-state index is -0.833. The third-order valence-corrected chi connectivity index (χ3v) is 4.28. The summed E-state index contributed by atoms with van der Waals surface area (Å²) >= 11 is 0. The highest BCUT2D eigenvalue weighted by Crippen LogP contribution is 2.45. The third kappa shape index (κ3) is 3.74. The van der Waals surface area contributed by atoms with E-state index in [1.165, 1.54) is 21.3 Å². The van der Waals surface area contributed by atoms with E-state index in [1.54, 1.807) is 12.1 Å². The van der Waals surface area contributed by atoms with Gasteiger partial charge in [0, 0.05) is 13.2 Å². The lowest BCUT2D eigenvalue weighted by Gasteiger charge is -2.18. The van der Waals surface area contributed by atoms with Gasteiger partial charge in [0.15, 0.2) is 17.3 Å². The van der Waals surface area contributed by atoms with E-state index in [-0.39, 0.29) is 31.3 Å². The first-order valence-electron chi connectivity index (χ1n) is 8.37. The zero-order valence-electron chi connectivity index (χ0n) is 15.6. The molecular weight excluding hydrogens is 372 g/mol. The van der Waals surface area contributed by atoms with E-state index in [1.807, 2.05) is 0 Å². The smallest absolute Gasteiger partial charge is 0.306 e. The monoisotopic (exact) mass is 392 g/mol. The zero-order valence-corrected chi connectivity index (χ0v) is 15.6. The molecule has 0 saturated carbocycles. The number of hydrogen-bond donors (Lipinski definition) is 1. The molecule has 0 bridgehead atoms. The number of aromatic hydroxyl groups is 1. The van der Waals surface area contributed by atoms with Crippen molar-refractivity contribution in [3.8, 4) is 23.0 Å². The molecule has 9 heteroatoms. The van der Waals surface area contributed by atoms with Crippen LogP contribution in [0.3, 0.4) is 0 Å². The van der Waals surface area contributed by atoms with Gasteiger partial charge in [-0.05, 0) is 17.7 Å². The number of methoxy groups -OCH3 is 3. The van der Waals surface area contributed by atoms with E-state index in [0.717, 1.165) is 6.07 Å². The molecule has 1 aliphatic heterocycles. The summed E-state index contributed by atoms with van der Waals surface area (Å²) in [5, 5.41) is 10.3. The normalized spacial score (nSPS) is 13.2. The molecule has 1 aliphatic rings. The van der Waals surface area contributed by atoms with E-state index >= 15 is 0 Å². The molecule has 0 saturated heterocycles. The molecule has 0 radical (unpaired) electrons. The standard InChI is InChI=1S/C19H20O9/c1-23-8-11-6-13(20)17(22)18(28-11)12(7-16(21)25-3)10-4-14(24-2)19-15(5-10)26-9-27-19/h4-6,12,22H,7-9H2,1-3H3/t12-/m0/s1. The van der Waals surface area contributed by atoms with Gasteiger partial charge in [-0.2, -0.15) is 0 Å².